The molecular formula is C25H28N6O2. The van der Waals surface area contributed by atoms with Crippen LogP contribution >= 0.6 is 0 Å². The third-order valence-electron chi connectivity index (χ3n) is 6.41. The zero-order valence-corrected chi connectivity index (χ0v) is 18.8. The Bertz CT molecular complexity index is 1310. The van der Waals surface area contributed by atoms with Gasteiger partial charge in [-0.25, -0.2) is 14.8 Å². The molecule has 5 heterocycles. The summed E-state index contributed by atoms with van der Waals surface area (Å²) in [6.07, 6.45) is 8.63. The molecule has 33 heavy (non-hydrogen) atoms. The van der Waals surface area contributed by atoms with E-state index in [4.69, 9.17) is 9.97 Å². The average Bonchev–Trinajstić information content (AvgIpc) is 3.18. The maximum atomic E-state index is 11.5. The van der Waals surface area contributed by atoms with Gasteiger partial charge < -0.3 is 19.9 Å². The number of hydrogen-bond acceptors (Lipinski definition) is 6. The summed E-state index contributed by atoms with van der Waals surface area (Å²) in [7, 11) is 1.74. The predicted octanol–water partition coefficient (Wildman–Crippen LogP) is 4.17. The molecule has 0 saturated carbocycles. The van der Waals surface area contributed by atoms with Crippen molar-refractivity contribution in [3.63, 3.8) is 0 Å². The lowest BCUT2D eigenvalue weighted by molar-refractivity contribution is 0.0687. The largest absolute Gasteiger partial charge is 0.477 e. The molecule has 0 atom stereocenters. The monoisotopic (exact) mass is 444 g/mol. The van der Waals surface area contributed by atoms with Gasteiger partial charge in [0.15, 0.2) is 0 Å². The Kier molecular flexibility index (Phi) is 5.92. The summed E-state index contributed by atoms with van der Waals surface area (Å²) in [5.74, 6) is -0.968. The van der Waals surface area contributed by atoms with E-state index < -0.39 is 5.97 Å². The number of aromatic carboxylic acids is 1. The number of hydrogen-bond donors (Lipinski definition) is 2. The first-order valence-electron chi connectivity index (χ1n) is 11.5. The van der Waals surface area contributed by atoms with Crippen LogP contribution in [0.25, 0.3) is 33.3 Å². The first-order valence-corrected chi connectivity index (χ1v) is 11.5. The van der Waals surface area contributed by atoms with E-state index in [0.717, 1.165) is 47.3 Å². The molecule has 4 aromatic rings. The van der Waals surface area contributed by atoms with E-state index in [0.29, 0.717) is 11.2 Å². The Balaban J connectivity index is 1.42. The number of piperidine rings is 1. The predicted molar refractivity (Wildman–Crippen MR) is 130 cm³/mol. The number of carboxylic acids is 1. The topological polar surface area (TPSA) is 96.2 Å². The molecule has 0 aromatic carbocycles. The van der Waals surface area contributed by atoms with Gasteiger partial charge in [0.1, 0.15) is 5.69 Å². The molecule has 8 heteroatoms. The first-order chi connectivity index (χ1) is 16.1. The number of nitrogens with zero attached hydrogens (tertiary/aromatic N) is 5. The number of aryl methyl sites for hydroxylation is 1. The lowest BCUT2D eigenvalue weighted by Gasteiger charge is -2.26. The SMILES string of the molecule is Cn1c(C(=O)O)cc2nc(-c3cc(NCCCN4CCCCC4)c4cnccc4n3)ccc21. The molecule has 0 spiro atoms. The number of nitrogens with one attached hydrogen (secondary N) is 1. The second-order valence-electron chi connectivity index (χ2n) is 8.63. The van der Waals surface area contributed by atoms with E-state index in [-0.39, 0.29) is 5.69 Å². The van der Waals surface area contributed by atoms with Crippen LogP contribution in [0.2, 0.25) is 0 Å². The van der Waals surface area contributed by atoms with Crippen molar-refractivity contribution in [2.24, 2.45) is 7.05 Å². The average molecular weight is 445 g/mol. The van der Waals surface area contributed by atoms with Crippen molar-refractivity contribution in [2.45, 2.75) is 25.7 Å². The molecule has 2 N–H and O–H groups in total. The van der Waals surface area contributed by atoms with Crippen molar-refractivity contribution in [3.05, 3.63) is 48.4 Å². The van der Waals surface area contributed by atoms with Gasteiger partial charge in [-0.15, -0.1) is 0 Å². The van der Waals surface area contributed by atoms with E-state index in [1.807, 2.05) is 30.5 Å². The Morgan fingerprint density at radius 2 is 1.88 bits per heavy atom. The summed E-state index contributed by atoms with van der Waals surface area (Å²) in [5, 5.41) is 14.0. The minimum atomic E-state index is -0.968. The van der Waals surface area contributed by atoms with Crippen LogP contribution in [0.1, 0.15) is 36.2 Å². The van der Waals surface area contributed by atoms with Crippen LogP contribution in [-0.4, -0.2) is 61.7 Å². The Morgan fingerprint density at radius 1 is 1.06 bits per heavy atom. The highest BCUT2D eigenvalue weighted by molar-refractivity contribution is 5.95. The van der Waals surface area contributed by atoms with Gasteiger partial charge in [-0.3, -0.25) is 4.98 Å². The normalized spacial score (nSPS) is 14.7. The van der Waals surface area contributed by atoms with Crippen molar-refractivity contribution < 1.29 is 9.90 Å². The number of carbonyl (C=O) groups is 1. The van der Waals surface area contributed by atoms with Gasteiger partial charge in [-0.1, -0.05) is 6.42 Å². The van der Waals surface area contributed by atoms with Crippen LogP contribution in [0.5, 0.6) is 0 Å². The highest BCUT2D eigenvalue weighted by Crippen LogP contribution is 2.28. The van der Waals surface area contributed by atoms with Crippen molar-refractivity contribution in [3.8, 4) is 11.4 Å². The summed E-state index contributed by atoms with van der Waals surface area (Å²) >= 11 is 0. The lowest BCUT2D eigenvalue weighted by Crippen LogP contribution is -2.31. The van der Waals surface area contributed by atoms with E-state index in [1.54, 1.807) is 23.9 Å². The van der Waals surface area contributed by atoms with E-state index in [1.165, 1.54) is 32.4 Å². The van der Waals surface area contributed by atoms with Gasteiger partial charge >= 0.3 is 5.97 Å². The fourth-order valence-electron chi connectivity index (χ4n) is 4.62. The Morgan fingerprint density at radius 3 is 2.70 bits per heavy atom. The standard InChI is InChI=1S/C25H28N6O2/c1-30-23-7-6-19(29-22(23)15-24(30)25(32)33)21-14-20(17-16-26-10-8-18(17)28-21)27-9-5-13-31-11-3-2-4-12-31/h6-8,10,14-16H,2-5,9,11-13H2,1H3,(H,27,28)(H,32,33). The molecule has 1 aliphatic rings. The third kappa shape index (κ3) is 4.39. The second-order valence-corrected chi connectivity index (χ2v) is 8.63. The number of fused-ring (bicyclic) bond motifs is 2. The van der Waals surface area contributed by atoms with E-state index >= 15 is 0 Å². The Hall–Kier alpha value is -3.52. The summed E-state index contributed by atoms with van der Waals surface area (Å²) in [5.41, 5.74) is 4.92. The highest BCUT2D eigenvalue weighted by Gasteiger charge is 2.15. The molecule has 0 unspecified atom stereocenters. The number of pyridine rings is 3. The lowest BCUT2D eigenvalue weighted by atomic mass is 10.1. The van der Waals surface area contributed by atoms with E-state index in [9.17, 15) is 9.90 Å². The molecule has 1 fully saturated rings. The minimum Gasteiger partial charge on any atom is -0.477 e. The van der Waals surface area contributed by atoms with Gasteiger partial charge in [0, 0.05) is 37.1 Å². The van der Waals surface area contributed by atoms with E-state index in [2.05, 4.69) is 15.2 Å². The molecular weight excluding hydrogens is 416 g/mol. The second kappa shape index (κ2) is 9.15. The van der Waals surface area contributed by atoms with Crippen LogP contribution in [0.4, 0.5) is 5.69 Å². The van der Waals surface area contributed by atoms with Crippen LogP contribution in [0.15, 0.2) is 42.7 Å². The van der Waals surface area contributed by atoms with Crippen molar-refractivity contribution in [1.29, 1.82) is 0 Å². The zero-order valence-electron chi connectivity index (χ0n) is 18.8. The summed E-state index contributed by atoms with van der Waals surface area (Å²) in [6.45, 7) is 4.41. The molecule has 5 rings (SSSR count). The molecule has 0 aliphatic carbocycles. The molecule has 1 aliphatic heterocycles. The zero-order chi connectivity index (χ0) is 22.8. The summed E-state index contributed by atoms with van der Waals surface area (Å²) < 4.78 is 1.64. The first kappa shape index (κ1) is 21.3. The van der Waals surface area contributed by atoms with Gasteiger partial charge in [0.05, 0.1) is 27.9 Å². The van der Waals surface area contributed by atoms with Crippen molar-refractivity contribution in [1.82, 2.24) is 24.4 Å². The molecule has 8 nitrogen and oxygen atoms in total. The van der Waals surface area contributed by atoms with Gasteiger partial charge in [0.25, 0.3) is 0 Å². The van der Waals surface area contributed by atoms with Crippen LogP contribution in [0, 0.1) is 0 Å². The molecule has 0 radical (unpaired) electrons. The third-order valence-corrected chi connectivity index (χ3v) is 6.41. The quantitative estimate of drug-likeness (QED) is 0.413. The van der Waals surface area contributed by atoms with Gasteiger partial charge in [-0.05, 0) is 69.2 Å². The number of aromatic nitrogens is 4. The number of likely N-dealkylation sites (tertiary alicyclic amines) is 1. The van der Waals surface area contributed by atoms with Gasteiger partial charge in [0.2, 0.25) is 0 Å². The molecule has 0 amide bonds. The number of carboxylic acid groups (broad SMARTS) is 1. The summed E-state index contributed by atoms with van der Waals surface area (Å²) in [4.78, 5) is 27.8. The highest BCUT2D eigenvalue weighted by atomic mass is 16.4. The molecule has 170 valence electrons. The van der Waals surface area contributed by atoms with Crippen LogP contribution in [-0.2, 0) is 7.05 Å². The van der Waals surface area contributed by atoms with Gasteiger partial charge in [-0.2, -0.15) is 0 Å². The maximum Gasteiger partial charge on any atom is 0.352 e. The molecule has 0 bridgehead atoms. The fourth-order valence-corrected chi connectivity index (χ4v) is 4.62. The molecule has 4 aromatic heterocycles. The van der Waals surface area contributed by atoms with Crippen LogP contribution < -0.4 is 5.32 Å². The number of anilines is 1. The van der Waals surface area contributed by atoms with Crippen molar-refractivity contribution in [2.75, 3.05) is 31.5 Å². The fraction of sp³-hybridized carbons (Fsp3) is 0.360. The Labute approximate surface area is 192 Å². The summed E-state index contributed by atoms with van der Waals surface area (Å²) in [6, 6.07) is 9.31. The minimum absolute atomic E-state index is 0.211. The smallest absolute Gasteiger partial charge is 0.352 e. The number of rotatable bonds is 7. The maximum absolute atomic E-state index is 11.5. The molecule has 1 saturated heterocycles. The van der Waals surface area contributed by atoms with Crippen molar-refractivity contribution >= 4 is 33.6 Å². The van der Waals surface area contributed by atoms with Crippen LogP contribution in [0.3, 0.4) is 0 Å².